The van der Waals surface area contributed by atoms with E-state index >= 15 is 0 Å². The van der Waals surface area contributed by atoms with E-state index < -0.39 is 5.66 Å². The van der Waals surface area contributed by atoms with E-state index in [9.17, 15) is 0 Å². The van der Waals surface area contributed by atoms with Gasteiger partial charge in [0.05, 0.1) is 0 Å². The van der Waals surface area contributed by atoms with Crippen molar-refractivity contribution in [1.29, 1.82) is 0 Å². The van der Waals surface area contributed by atoms with E-state index in [1.807, 2.05) is 12.1 Å². The number of anilines is 4. The van der Waals surface area contributed by atoms with Crippen LogP contribution in [0.25, 0.3) is 0 Å². The van der Waals surface area contributed by atoms with Gasteiger partial charge in [0, 0.05) is 22.7 Å². The van der Waals surface area contributed by atoms with Gasteiger partial charge in [-0.05, 0) is 67.8 Å². The molecular weight excluding hydrogens is 428 g/mol. The van der Waals surface area contributed by atoms with Crippen LogP contribution in [-0.2, 0) is 0 Å². The van der Waals surface area contributed by atoms with Crippen LogP contribution in [0.2, 0.25) is 0 Å². The number of aryl methyl sites for hydroxylation is 2. The lowest BCUT2D eigenvalue weighted by atomic mass is 9.96. The largest absolute Gasteiger partial charge is 0.362 e. The summed E-state index contributed by atoms with van der Waals surface area (Å²) in [6, 6.07) is 37.7. The van der Waals surface area contributed by atoms with Gasteiger partial charge in [-0.25, -0.2) is 0 Å². The van der Waals surface area contributed by atoms with Gasteiger partial charge < -0.3 is 21.3 Å². The van der Waals surface area contributed by atoms with Crippen LogP contribution in [-0.4, -0.2) is 11.8 Å². The molecule has 0 saturated carbocycles. The van der Waals surface area contributed by atoms with E-state index in [0.717, 1.165) is 35.6 Å². The third-order valence-electron chi connectivity index (χ3n) is 6.31. The quantitative estimate of drug-likeness (QED) is 0.171. The molecule has 0 aromatic heterocycles. The standard InChI is InChI=1S/C31H36N4/c1-4-23-31(34-27-19-9-6-10-20-27,35-29-22-14-12-16-25(29)3)30(32-26-17-7-5-8-18-26)33-28-21-13-11-15-24(28)2/h5-22,30,32-35H,4,23H2,1-3H3. The van der Waals surface area contributed by atoms with E-state index in [4.69, 9.17) is 0 Å². The maximum Gasteiger partial charge on any atom is 0.148 e. The number of hydrogen-bond acceptors (Lipinski definition) is 4. The van der Waals surface area contributed by atoms with Crippen LogP contribution in [0.15, 0.2) is 109 Å². The third-order valence-corrected chi connectivity index (χ3v) is 6.31. The SMILES string of the molecule is CCCC(Nc1ccccc1)(Nc1ccccc1C)C(Nc1ccccc1)Nc1ccccc1C. The Morgan fingerprint density at radius 3 is 1.66 bits per heavy atom. The molecule has 0 bridgehead atoms. The molecule has 0 aliphatic heterocycles. The fourth-order valence-electron chi connectivity index (χ4n) is 4.45. The summed E-state index contributed by atoms with van der Waals surface area (Å²) in [4.78, 5) is 0. The van der Waals surface area contributed by atoms with Crippen LogP contribution in [0, 0.1) is 13.8 Å². The molecule has 4 nitrogen and oxygen atoms in total. The molecule has 0 aliphatic carbocycles. The van der Waals surface area contributed by atoms with Crippen molar-refractivity contribution in [3.63, 3.8) is 0 Å². The molecule has 2 atom stereocenters. The molecule has 4 rings (SSSR count). The van der Waals surface area contributed by atoms with Crippen LogP contribution < -0.4 is 21.3 Å². The number of hydrogen-bond donors (Lipinski definition) is 4. The average Bonchev–Trinajstić information content (AvgIpc) is 2.88. The monoisotopic (exact) mass is 464 g/mol. The van der Waals surface area contributed by atoms with Crippen molar-refractivity contribution in [2.75, 3.05) is 21.3 Å². The van der Waals surface area contributed by atoms with E-state index in [0.29, 0.717) is 0 Å². The molecule has 0 fully saturated rings. The molecule has 4 N–H and O–H groups in total. The first-order chi connectivity index (χ1) is 17.1. The van der Waals surface area contributed by atoms with Crippen molar-refractivity contribution in [2.45, 2.75) is 45.4 Å². The predicted octanol–water partition coefficient (Wildman–Crippen LogP) is 7.87. The summed E-state index contributed by atoms with van der Waals surface area (Å²) in [5.74, 6) is 0. The molecule has 0 aliphatic rings. The normalized spacial score (nSPS) is 13.3. The second kappa shape index (κ2) is 11.5. The van der Waals surface area contributed by atoms with Gasteiger partial charge in [-0.2, -0.15) is 0 Å². The maximum atomic E-state index is 3.93. The minimum atomic E-state index is -0.555. The lowest BCUT2D eigenvalue weighted by Gasteiger charge is -2.45. The number of benzene rings is 4. The first-order valence-corrected chi connectivity index (χ1v) is 12.4. The molecule has 4 aromatic carbocycles. The second-order valence-electron chi connectivity index (χ2n) is 9.05. The fraction of sp³-hybridized carbons (Fsp3) is 0.226. The lowest BCUT2D eigenvalue weighted by Crippen LogP contribution is -2.62. The van der Waals surface area contributed by atoms with Crippen LogP contribution in [0.3, 0.4) is 0 Å². The zero-order valence-corrected chi connectivity index (χ0v) is 20.9. The molecule has 0 spiro atoms. The van der Waals surface area contributed by atoms with Gasteiger partial charge in [-0.15, -0.1) is 0 Å². The zero-order valence-electron chi connectivity index (χ0n) is 20.9. The Hall–Kier alpha value is -3.92. The first kappa shape index (κ1) is 24.2. The Morgan fingerprint density at radius 2 is 1.09 bits per heavy atom. The Bertz CT molecular complexity index is 1190. The highest BCUT2D eigenvalue weighted by atomic mass is 15.3. The summed E-state index contributed by atoms with van der Waals surface area (Å²) < 4.78 is 0. The smallest absolute Gasteiger partial charge is 0.148 e. The average molecular weight is 465 g/mol. The maximum absolute atomic E-state index is 3.93. The van der Waals surface area contributed by atoms with Crippen molar-refractivity contribution in [1.82, 2.24) is 0 Å². The van der Waals surface area contributed by atoms with Gasteiger partial charge in [0.15, 0.2) is 0 Å². The van der Waals surface area contributed by atoms with Gasteiger partial charge in [0.2, 0.25) is 0 Å². The van der Waals surface area contributed by atoms with Crippen LogP contribution >= 0.6 is 0 Å². The second-order valence-corrected chi connectivity index (χ2v) is 9.05. The Kier molecular flexibility index (Phi) is 7.94. The number of para-hydroxylation sites is 4. The molecule has 2 unspecified atom stereocenters. The van der Waals surface area contributed by atoms with Gasteiger partial charge in [0.1, 0.15) is 11.8 Å². The van der Waals surface area contributed by atoms with Crippen molar-refractivity contribution in [3.05, 3.63) is 120 Å². The van der Waals surface area contributed by atoms with Gasteiger partial charge in [-0.1, -0.05) is 86.1 Å². The first-order valence-electron chi connectivity index (χ1n) is 12.4. The van der Waals surface area contributed by atoms with Gasteiger partial charge in [0.25, 0.3) is 0 Å². The van der Waals surface area contributed by atoms with Crippen LogP contribution in [0.4, 0.5) is 22.7 Å². The minimum Gasteiger partial charge on any atom is -0.362 e. The highest BCUT2D eigenvalue weighted by Crippen LogP contribution is 2.31. The topological polar surface area (TPSA) is 48.1 Å². The highest BCUT2D eigenvalue weighted by molar-refractivity contribution is 5.61. The van der Waals surface area contributed by atoms with Crippen molar-refractivity contribution in [2.24, 2.45) is 0 Å². The van der Waals surface area contributed by atoms with Gasteiger partial charge in [-0.3, -0.25) is 0 Å². The summed E-state index contributed by atoms with van der Waals surface area (Å²) in [5, 5.41) is 15.5. The zero-order chi connectivity index (χ0) is 24.5. The molecule has 4 heteroatoms. The summed E-state index contributed by atoms with van der Waals surface area (Å²) in [6.45, 7) is 6.52. The van der Waals surface area contributed by atoms with Crippen molar-refractivity contribution < 1.29 is 0 Å². The van der Waals surface area contributed by atoms with Crippen LogP contribution in [0.5, 0.6) is 0 Å². The van der Waals surface area contributed by atoms with E-state index in [2.05, 4.69) is 139 Å². The molecule has 0 saturated heterocycles. The van der Waals surface area contributed by atoms with Gasteiger partial charge >= 0.3 is 0 Å². The predicted molar refractivity (Wildman–Crippen MR) is 151 cm³/mol. The molecule has 0 amide bonds. The van der Waals surface area contributed by atoms with E-state index in [-0.39, 0.29) is 6.17 Å². The molecule has 180 valence electrons. The molecule has 0 radical (unpaired) electrons. The molecular formula is C31H36N4. The van der Waals surface area contributed by atoms with Crippen molar-refractivity contribution in [3.8, 4) is 0 Å². The lowest BCUT2D eigenvalue weighted by molar-refractivity contribution is 0.435. The fourth-order valence-corrected chi connectivity index (χ4v) is 4.45. The molecule has 0 heterocycles. The molecule has 4 aromatic rings. The third kappa shape index (κ3) is 6.15. The molecule has 35 heavy (non-hydrogen) atoms. The summed E-state index contributed by atoms with van der Waals surface area (Å²) >= 11 is 0. The summed E-state index contributed by atoms with van der Waals surface area (Å²) in [5.41, 5.74) is 6.18. The van der Waals surface area contributed by atoms with E-state index in [1.165, 1.54) is 11.1 Å². The minimum absolute atomic E-state index is 0.189. The number of rotatable bonds is 11. The highest BCUT2D eigenvalue weighted by Gasteiger charge is 2.39. The van der Waals surface area contributed by atoms with E-state index in [1.54, 1.807) is 0 Å². The number of nitrogens with one attached hydrogen (secondary N) is 4. The summed E-state index contributed by atoms with van der Waals surface area (Å²) in [7, 11) is 0. The van der Waals surface area contributed by atoms with Crippen molar-refractivity contribution >= 4 is 22.7 Å². The summed E-state index contributed by atoms with van der Waals surface area (Å²) in [6.07, 6.45) is 1.67. The Balaban J connectivity index is 1.83. The Morgan fingerprint density at radius 1 is 0.571 bits per heavy atom. The van der Waals surface area contributed by atoms with Crippen LogP contribution in [0.1, 0.15) is 30.9 Å². The Labute approximate surface area is 209 Å².